The van der Waals surface area contributed by atoms with Crippen LogP contribution in [0, 0.1) is 0 Å². The summed E-state index contributed by atoms with van der Waals surface area (Å²) in [6, 6.07) is 10.9. The zero-order chi connectivity index (χ0) is 20.0. The van der Waals surface area contributed by atoms with E-state index in [1.807, 2.05) is 0 Å². The first kappa shape index (κ1) is 21.2. The summed E-state index contributed by atoms with van der Waals surface area (Å²) >= 11 is 11.7. The molecule has 2 rings (SSSR count). The molecule has 0 fully saturated rings. The molecule has 0 spiro atoms. The van der Waals surface area contributed by atoms with Crippen molar-refractivity contribution >= 4 is 45.3 Å². The molecule has 0 bridgehead atoms. The van der Waals surface area contributed by atoms with Crippen molar-refractivity contribution in [3.05, 3.63) is 58.1 Å². The third-order valence-electron chi connectivity index (χ3n) is 3.47. The predicted molar refractivity (Wildman–Crippen MR) is 105 cm³/mol. The fraction of sp³-hybridized carbons (Fsp3) is 0.176. The summed E-state index contributed by atoms with van der Waals surface area (Å²) in [5, 5.41) is 4.53. The monoisotopic (exact) mass is 429 g/mol. The molecule has 0 unspecified atom stereocenters. The summed E-state index contributed by atoms with van der Waals surface area (Å²) in [6.45, 7) is -0.413. The van der Waals surface area contributed by atoms with Gasteiger partial charge >= 0.3 is 0 Å². The maximum Gasteiger partial charge on any atom is 0.255 e. The van der Waals surface area contributed by atoms with Crippen molar-refractivity contribution in [2.24, 2.45) is 5.10 Å². The highest BCUT2D eigenvalue weighted by Gasteiger charge is 2.23. The van der Waals surface area contributed by atoms with Crippen LogP contribution in [0.5, 0.6) is 5.75 Å². The number of nitrogens with zero attached hydrogens (tertiary/aromatic N) is 2. The van der Waals surface area contributed by atoms with Crippen LogP contribution in [0.4, 0.5) is 0 Å². The predicted octanol–water partition coefficient (Wildman–Crippen LogP) is 2.77. The van der Waals surface area contributed by atoms with Crippen molar-refractivity contribution in [2.45, 2.75) is 4.90 Å². The van der Waals surface area contributed by atoms with Gasteiger partial charge in [0, 0.05) is 12.1 Å². The van der Waals surface area contributed by atoms with Gasteiger partial charge in [-0.2, -0.15) is 9.41 Å². The summed E-state index contributed by atoms with van der Waals surface area (Å²) < 4.78 is 31.0. The van der Waals surface area contributed by atoms with Gasteiger partial charge in [-0.25, -0.2) is 13.8 Å². The van der Waals surface area contributed by atoms with E-state index in [2.05, 4.69) is 10.5 Å². The number of rotatable bonds is 7. The van der Waals surface area contributed by atoms with Crippen LogP contribution in [0.25, 0.3) is 0 Å². The minimum Gasteiger partial charge on any atom is -0.495 e. The number of halogens is 2. The molecule has 2 aromatic carbocycles. The summed E-state index contributed by atoms with van der Waals surface area (Å²) in [5.41, 5.74) is 3.01. The number of carbonyl (C=O) groups excluding carboxylic acids is 1. The van der Waals surface area contributed by atoms with Crippen molar-refractivity contribution in [2.75, 3.05) is 20.7 Å². The van der Waals surface area contributed by atoms with Crippen LogP contribution in [-0.4, -0.2) is 45.5 Å². The Hall–Kier alpha value is -2.13. The first-order valence-electron chi connectivity index (χ1n) is 7.61. The van der Waals surface area contributed by atoms with Crippen LogP contribution in [0.2, 0.25) is 10.0 Å². The lowest BCUT2D eigenvalue weighted by Crippen LogP contribution is -2.36. The lowest BCUT2D eigenvalue weighted by molar-refractivity contribution is -0.121. The molecule has 0 radical (unpaired) electrons. The summed E-state index contributed by atoms with van der Waals surface area (Å²) in [4.78, 5) is 11.9. The first-order chi connectivity index (χ1) is 12.7. The molecule has 0 aliphatic heterocycles. The van der Waals surface area contributed by atoms with Crippen LogP contribution in [0.3, 0.4) is 0 Å². The van der Waals surface area contributed by atoms with E-state index in [1.54, 1.807) is 24.3 Å². The Morgan fingerprint density at radius 1 is 1.22 bits per heavy atom. The molecule has 144 valence electrons. The number of amides is 1. The van der Waals surface area contributed by atoms with E-state index in [4.69, 9.17) is 27.9 Å². The minimum atomic E-state index is -3.90. The molecule has 1 N–H and O–H groups in total. The lowest BCUT2D eigenvalue weighted by atomic mass is 10.2. The molecule has 27 heavy (non-hydrogen) atoms. The number of likely N-dealkylation sites (N-methyl/N-ethyl adjacent to an activating group) is 1. The van der Waals surface area contributed by atoms with Gasteiger partial charge in [-0.15, -0.1) is 0 Å². The van der Waals surface area contributed by atoms with E-state index >= 15 is 0 Å². The van der Waals surface area contributed by atoms with Crippen molar-refractivity contribution < 1.29 is 17.9 Å². The first-order valence-corrected chi connectivity index (χ1v) is 9.81. The maximum atomic E-state index is 12.5. The Morgan fingerprint density at radius 3 is 2.48 bits per heavy atom. The van der Waals surface area contributed by atoms with E-state index in [-0.39, 0.29) is 9.92 Å². The molecule has 0 aromatic heterocycles. The van der Waals surface area contributed by atoms with Gasteiger partial charge in [0.05, 0.1) is 29.8 Å². The second-order valence-electron chi connectivity index (χ2n) is 5.40. The van der Waals surface area contributed by atoms with Crippen molar-refractivity contribution in [1.29, 1.82) is 0 Å². The van der Waals surface area contributed by atoms with Gasteiger partial charge in [0.2, 0.25) is 10.0 Å². The van der Waals surface area contributed by atoms with E-state index in [0.717, 1.165) is 9.87 Å². The lowest BCUT2D eigenvalue weighted by Gasteiger charge is -2.16. The minimum absolute atomic E-state index is 0.0479. The average Bonchev–Trinajstić information content (AvgIpc) is 2.63. The Labute approximate surface area is 167 Å². The third-order valence-corrected chi connectivity index (χ3v) is 5.82. The highest BCUT2D eigenvalue weighted by atomic mass is 35.5. The highest BCUT2D eigenvalue weighted by molar-refractivity contribution is 7.89. The van der Waals surface area contributed by atoms with E-state index in [1.165, 1.54) is 38.6 Å². The number of ether oxygens (including phenoxy) is 1. The van der Waals surface area contributed by atoms with Crippen LogP contribution >= 0.6 is 23.2 Å². The number of nitrogens with one attached hydrogen (secondary N) is 1. The SMILES string of the molecule is COc1ccc(S(=O)(=O)N(C)CC(=O)NN=Cc2ccc(Cl)cc2)cc1Cl. The standard InChI is InChI=1S/C17H17Cl2N3O4S/c1-22(27(24,25)14-7-8-16(26-2)15(19)9-14)11-17(23)21-20-10-12-3-5-13(18)6-4-12/h3-10H,11H2,1-2H3,(H,21,23). The van der Waals surface area contributed by atoms with Gasteiger partial charge in [-0.3, -0.25) is 4.79 Å². The van der Waals surface area contributed by atoms with E-state index < -0.39 is 22.5 Å². The van der Waals surface area contributed by atoms with Gasteiger partial charge in [-0.05, 0) is 35.9 Å². The van der Waals surface area contributed by atoms with Crippen LogP contribution in [0.15, 0.2) is 52.5 Å². The largest absolute Gasteiger partial charge is 0.495 e. The number of carbonyl (C=O) groups is 1. The molecule has 0 saturated heterocycles. The molecule has 0 atom stereocenters. The van der Waals surface area contributed by atoms with Gasteiger partial charge in [-0.1, -0.05) is 35.3 Å². The number of hydrogen-bond acceptors (Lipinski definition) is 5. The molecule has 0 aliphatic rings. The molecule has 0 aliphatic carbocycles. The normalized spacial score (nSPS) is 11.7. The Bertz CT molecular complexity index is 947. The molecule has 1 amide bonds. The van der Waals surface area contributed by atoms with Crippen LogP contribution in [0.1, 0.15) is 5.56 Å². The van der Waals surface area contributed by atoms with E-state index in [9.17, 15) is 13.2 Å². The molecule has 10 heteroatoms. The maximum absolute atomic E-state index is 12.5. The molecule has 7 nitrogen and oxygen atoms in total. The topological polar surface area (TPSA) is 88.1 Å². The fourth-order valence-corrected chi connectivity index (χ4v) is 3.64. The van der Waals surface area contributed by atoms with Crippen molar-refractivity contribution in [3.8, 4) is 5.75 Å². The number of sulfonamides is 1. The number of methoxy groups -OCH3 is 1. The summed E-state index contributed by atoms with van der Waals surface area (Å²) in [7, 11) is -1.18. The number of hydrazone groups is 1. The Kier molecular flexibility index (Phi) is 7.20. The van der Waals surface area contributed by atoms with Crippen LogP contribution in [-0.2, 0) is 14.8 Å². The molecule has 2 aromatic rings. The second-order valence-corrected chi connectivity index (χ2v) is 8.29. The Morgan fingerprint density at radius 2 is 1.89 bits per heavy atom. The second kappa shape index (κ2) is 9.18. The van der Waals surface area contributed by atoms with Crippen LogP contribution < -0.4 is 10.2 Å². The van der Waals surface area contributed by atoms with Gasteiger partial charge in [0.1, 0.15) is 5.75 Å². The van der Waals surface area contributed by atoms with Gasteiger partial charge in [0.25, 0.3) is 5.91 Å². The number of benzene rings is 2. The molecule has 0 saturated carbocycles. The quantitative estimate of drug-likeness (QED) is 0.541. The smallest absolute Gasteiger partial charge is 0.255 e. The van der Waals surface area contributed by atoms with Crippen molar-refractivity contribution in [1.82, 2.24) is 9.73 Å². The summed E-state index contributed by atoms with van der Waals surface area (Å²) in [6.07, 6.45) is 1.42. The van der Waals surface area contributed by atoms with E-state index in [0.29, 0.717) is 10.8 Å². The van der Waals surface area contributed by atoms with Crippen molar-refractivity contribution in [3.63, 3.8) is 0 Å². The molecular formula is C17H17Cl2N3O4S. The third kappa shape index (κ3) is 5.67. The zero-order valence-corrected chi connectivity index (χ0v) is 16.8. The number of hydrogen-bond donors (Lipinski definition) is 1. The molecule has 0 heterocycles. The zero-order valence-electron chi connectivity index (χ0n) is 14.5. The highest BCUT2D eigenvalue weighted by Crippen LogP contribution is 2.27. The molecular weight excluding hydrogens is 413 g/mol. The van der Waals surface area contributed by atoms with Gasteiger partial charge < -0.3 is 4.74 Å². The van der Waals surface area contributed by atoms with Gasteiger partial charge in [0.15, 0.2) is 0 Å². The summed E-state index contributed by atoms with van der Waals surface area (Å²) in [5.74, 6) is -0.238. The fourth-order valence-electron chi connectivity index (χ4n) is 2.04. The Balaban J connectivity index is 2.00. The average molecular weight is 430 g/mol.